The molecule has 27 heavy (non-hydrogen) atoms. The Morgan fingerprint density at radius 2 is 1.85 bits per heavy atom. The summed E-state index contributed by atoms with van der Waals surface area (Å²) in [7, 11) is 0. The number of carbonyl (C=O) groups excluding carboxylic acids is 2. The van der Waals surface area contributed by atoms with Crippen molar-refractivity contribution < 1.29 is 18.8 Å². The quantitative estimate of drug-likeness (QED) is 0.735. The first-order valence-electron chi connectivity index (χ1n) is 8.90. The van der Waals surface area contributed by atoms with Crippen LogP contribution in [0.2, 0.25) is 0 Å². The van der Waals surface area contributed by atoms with Crippen LogP contribution in [0, 0.1) is 0 Å². The van der Waals surface area contributed by atoms with Crippen molar-refractivity contribution in [3.8, 4) is 5.75 Å². The second-order valence-electron chi connectivity index (χ2n) is 7.08. The van der Waals surface area contributed by atoms with E-state index in [1.807, 2.05) is 27.7 Å². The van der Waals surface area contributed by atoms with Crippen LogP contribution in [-0.4, -0.2) is 35.1 Å². The van der Waals surface area contributed by atoms with Crippen molar-refractivity contribution in [1.29, 1.82) is 0 Å². The fraction of sp³-hybridized carbons (Fsp3) is 0.474. The van der Waals surface area contributed by atoms with E-state index in [1.165, 1.54) is 0 Å². The number of anilines is 1. The van der Waals surface area contributed by atoms with Crippen LogP contribution in [0.15, 0.2) is 28.8 Å². The number of amides is 2. The average molecular weight is 374 g/mol. The van der Waals surface area contributed by atoms with Gasteiger partial charge in [0.05, 0.1) is 0 Å². The van der Waals surface area contributed by atoms with Gasteiger partial charge in [0.1, 0.15) is 5.75 Å². The molecule has 0 aliphatic carbocycles. The van der Waals surface area contributed by atoms with E-state index in [1.54, 1.807) is 24.3 Å². The minimum absolute atomic E-state index is 0.0414. The molecule has 0 atom stereocenters. The highest BCUT2D eigenvalue weighted by Crippen LogP contribution is 2.19. The number of aromatic nitrogens is 2. The third-order valence-electron chi connectivity index (χ3n) is 3.59. The zero-order chi connectivity index (χ0) is 19.9. The maximum atomic E-state index is 12.1. The molecule has 0 spiro atoms. The van der Waals surface area contributed by atoms with Crippen LogP contribution in [-0.2, 0) is 21.4 Å². The van der Waals surface area contributed by atoms with Gasteiger partial charge in [0.15, 0.2) is 12.4 Å². The van der Waals surface area contributed by atoms with Gasteiger partial charge in [0, 0.05) is 30.5 Å². The number of likely N-dealkylation sites (N-methyl/N-ethyl adjacent to an activating group) is 1. The van der Waals surface area contributed by atoms with Crippen molar-refractivity contribution in [1.82, 2.24) is 15.5 Å². The molecule has 8 nitrogen and oxygen atoms in total. The van der Waals surface area contributed by atoms with Gasteiger partial charge in [-0.05, 0) is 31.2 Å². The zero-order valence-electron chi connectivity index (χ0n) is 16.2. The summed E-state index contributed by atoms with van der Waals surface area (Å²) in [6, 6.07) is 6.83. The van der Waals surface area contributed by atoms with E-state index in [4.69, 9.17) is 9.26 Å². The third kappa shape index (κ3) is 6.73. The maximum absolute atomic E-state index is 12.1. The molecule has 0 aliphatic heterocycles. The molecule has 146 valence electrons. The van der Waals surface area contributed by atoms with Crippen molar-refractivity contribution in [2.24, 2.45) is 0 Å². The normalized spacial score (nSPS) is 11.1. The summed E-state index contributed by atoms with van der Waals surface area (Å²) in [5.41, 5.74) is 0.455. The lowest BCUT2D eigenvalue weighted by Crippen LogP contribution is -2.28. The van der Waals surface area contributed by atoms with Crippen LogP contribution in [0.4, 0.5) is 5.69 Å². The molecule has 1 aromatic carbocycles. The molecule has 0 fully saturated rings. The molecular formula is C19H26N4O4. The maximum Gasteiger partial charge on any atom is 0.257 e. The lowest BCUT2D eigenvalue weighted by molar-refractivity contribution is -0.123. The van der Waals surface area contributed by atoms with Gasteiger partial charge in [-0.3, -0.25) is 9.59 Å². The van der Waals surface area contributed by atoms with Crippen molar-refractivity contribution in [2.75, 3.05) is 18.5 Å². The summed E-state index contributed by atoms with van der Waals surface area (Å²) in [5.74, 6) is 1.30. The molecule has 1 heterocycles. The molecule has 1 aromatic heterocycles. The number of hydrogen-bond donors (Lipinski definition) is 2. The summed E-state index contributed by atoms with van der Waals surface area (Å²) in [6.45, 7) is 8.36. The number of hydrogen-bond acceptors (Lipinski definition) is 6. The average Bonchev–Trinajstić information content (AvgIpc) is 3.09. The van der Waals surface area contributed by atoms with Gasteiger partial charge >= 0.3 is 0 Å². The number of aryl methyl sites for hydroxylation is 1. The largest absolute Gasteiger partial charge is 0.484 e. The second kappa shape index (κ2) is 9.16. The van der Waals surface area contributed by atoms with Crippen molar-refractivity contribution >= 4 is 17.5 Å². The number of ether oxygens (including phenoxy) is 1. The van der Waals surface area contributed by atoms with Gasteiger partial charge in [0.25, 0.3) is 5.91 Å². The molecule has 8 heteroatoms. The Balaban J connectivity index is 1.78. The smallest absolute Gasteiger partial charge is 0.257 e. The Kier molecular flexibility index (Phi) is 6.92. The first-order valence-corrected chi connectivity index (χ1v) is 8.90. The van der Waals surface area contributed by atoms with E-state index in [2.05, 4.69) is 20.8 Å². The molecule has 0 radical (unpaired) electrons. The van der Waals surface area contributed by atoms with Crippen molar-refractivity contribution in [3.63, 3.8) is 0 Å². The predicted molar refractivity (Wildman–Crippen MR) is 101 cm³/mol. The van der Waals surface area contributed by atoms with Crippen LogP contribution >= 0.6 is 0 Å². The van der Waals surface area contributed by atoms with Gasteiger partial charge in [-0.2, -0.15) is 4.98 Å². The van der Waals surface area contributed by atoms with Gasteiger partial charge in [-0.25, -0.2) is 0 Å². The fourth-order valence-corrected chi connectivity index (χ4v) is 2.14. The van der Waals surface area contributed by atoms with E-state index >= 15 is 0 Å². The van der Waals surface area contributed by atoms with Gasteiger partial charge in [0.2, 0.25) is 11.8 Å². The van der Waals surface area contributed by atoms with Crippen LogP contribution < -0.4 is 15.4 Å². The lowest BCUT2D eigenvalue weighted by Gasteiger charge is -2.10. The highest BCUT2D eigenvalue weighted by Gasteiger charge is 2.21. The van der Waals surface area contributed by atoms with Gasteiger partial charge in [-0.15, -0.1) is 0 Å². The molecule has 0 bridgehead atoms. The minimum atomic E-state index is -0.189. The molecule has 0 saturated heterocycles. The minimum Gasteiger partial charge on any atom is -0.484 e. The molecule has 0 unspecified atom stereocenters. The lowest BCUT2D eigenvalue weighted by atomic mass is 9.96. The fourth-order valence-electron chi connectivity index (χ4n) is 2.14. The highest BCUT2D eigenvalue weighted by atomic mass is 16.5. The van der Waals surface area contributed by atoms with Crippen molar-refractivity contribution in [2.45, 2.75) is 46.0 Å². The molecule has 2 rings (SSSR count). The first-order chi connectivity index (χ1) is 12.8. The van der Waals surface area contributed by atoms with Crippen LogP contribution in [0.1, 0.15) is 45.8 Å². The van der Waals surface area contributed by atoms with E-state index in [9.17, 15) is 9.59 Å². The molecule has 2 N–H and O–H groups in total. The topological polar surface area (TPSA) is 106 Å². The van der Waals surface area contributed by atoms with E-state index in [0.717, 1.165) is 0 Å². The molecule has 0 saturated carbocycles. The van der Waals surface area contributed by atoms with E-state index in [-0.39, 0.29) is 30.3 Å². The van der Waals surface area contributed by atoms with Crippen LogP contribution in [0.5, 0.6) is 5.75 Å². The Morgan fingerprint density at radius 3 is 2.44 bits per heavy atom. The van der Waals surface area contributed by atoms with Crippen LogP contribution in [0.25, 0.3) is 0 Å². The van der Waals surface area contributed by atoms with E-state index < -0.39 is 0 Å². The second-order valence-corrected chi connectivity index (χ2v) is 7.08. The summed E-state index contributed by atoms with van der Waals surface area (Å²) < 4.78 is 10.5. The summed E-state index contributed by atoms with van der Waals surface area (Å²) in [6.07, 6.45) is 0.615. The Labute approximate surface area is 158 Å². The SMILES string of the molecule is CCNC(=O)COc1ccc(NC(=O)CCc2nc(C(C)(C)C)no2)cc1. The number of benzene rings is 1. The summed E-state index contributed by atoms with van der Waals surface area (Å²) >= 11 is 0. The summed E-state index contributed by atoms with van der Waals surface area (Å²) in [5, 5.41) is 9.39. The van der Waals surface area contributed by atoms with Gasteiger partial charge in [-0.1, -0.05) is 25.9 Å². The third-order valence-corrected chi connectivity index (χ3v) is 3.59. The summed E-state index contributed by atoms with van der Waals surface area (Å²) in [4.78, 5) is 27.8. The standard InChI is InChI=1S/C19H26N4O4/c1-5-20-16(25)12-26-14-8-6-13(7-9-14)21-15(24)10-11-17-22-18(23-27-17)19(2,3)4/h6-9H,5,10-12H2,1-4H3,(H,20,25)(H,21,24). The highest BCUT2D eigenvalue weighted by molar-refractivity contribution is 5.90. The molecule has 2 amide bonds. The van der Waals surface area contributed by atoms with Crippen LogP contribution in [0.3, 0.4) is 0 Å². The van der Waals surface area contributed by atoms with Gasteiger partial charge < -0.3 is 19.9 Å². The molecule has 0 aliphatic rings. The zero-order valence-corrected chi connectivity index (χ0v) is 16.2. The molecular weight excluding hydrogens is 348 g/mol. The number of carbonyl (C=O) groups is 2. The molecule has 2 aromatic rings. The number of nitrogens with one attached hydrogen (secondary N) is 2. The number of nitrogens with zero attached hydrogens (tertiary/aromatic N) is 2. The predicted octanol–water partition coefficient (Wildman–Crippen LogP) is 2.45. The number of rotatable bonds is 8. The monoisotopic (exact) mass is 374 g/mol. The Hall–Kier alpha value is -2.90. The van der Waals surface area contributed by atoms with Crippen molar-refractivity contribution in [3.05, 3.63) is 36.0 Å². The Bertz CT molecular complexity index is 763. The Morgan fingerprint density at radius 1 is 1.15 bits per heavy atom. The van der Waals surface area contributed by atoms with E-state index in [0.29, 0.717) is 36.1 Å². The first kappa shape index (κ1) is 20.4.